The van der Waals surface area contributed by atoms with Crippen LogP contribution in [0.25, 0.3) is 0 Å². The van der Waals surface area contributed by atoms with Gasteiger partial charge in [-0.2, -0.15) is 0 Å². The van der Waals surface area contributed by atoms with Crippen LogP contribution in [0.2, 0.25) is 5.02 Å². The Morgan fingerprint density at radius 1 is 1.22 bits per heavy atom. The Balaban J connectivity index is 2.16. The predicted octanol–water partition coefficient (Wildman–Crippen LogP) is 5.46. The molecule has 0 spiro atoms. The Labute approximate surface area is 132 Å². The molecule has 2 aromatic rings. The molecule has 0 unspecified atom stereocenters. The minimum atomic E-state index is -0.253. The van der Waals surface area contributed by atoms with E-state index in [1.54, 1.807) is 12.1 Å². The fourth-order valence-corrected chi connectivity index (χ4v) is 2.58. The molecule has 2 aromatic carbocycles. The first kappa shape index (κ1) is 14.1. The predicted molar refractivity (Wildman–Crippen MR) is 85.6 cm³/mol. The van der Waals surface area contributed by atoms with E-state index in [-0.39, 0.29) is 5.82 Å². The van der Waals surface area contributed by atoms with Crippen molar-refractivity contribution in [3.05, 3.63) is 60.8 Å². The molecule has 0 heterocycles. The van der Waals surface area contributed by atoms with Crippen molar-refractivity contribution >= 4 is 55.8 Å². The van der Waals surface area contributed by atoms with Gasteiger partial charge in [-0.25, -0.2) is 4.39 Å². The number of benzene rings is 2. The summed E-state index contributed by atoms with van der Waals surface area (Å²) in [5, 5.41) is 3.74. The minimum Gasteiger partial charge on any atom is -0.380 e. The summed E-state index contributed by atoms with van der Waals surface area (Å²) in [5.74, 6) is -0.253. The zero-order valence-corrected chi connectivity index (χ0v) is 13.7. The molecule has 1 nitrogen and oxygen atoms in total. The minimum absolute atomic E-state index is 0.253. The summed E-state index contributed by atoms with van der Waals surface area (Å²) in [5.41, 5.74) is 1.52. The van der Waals surface area contributed by atoms with Gasteiger partial charge in [0.05, 0.1) is 0 Å². The first-order chi connectivity index (χ1) is 8.56. The zero-order chi connectivity index (χ0) is 13.1. The molecule has 0 saturated heterocycles. The van der Waals surface area contributed by atoms with Gasteiger partial charge in [-0.1, -0.05) is 27.5 Å². The third-order valence-electron chi connectivity index (χ3n) is 2.41. The van der Waals surface area contributed by atoms with Crippen LogP contribution in [0.15, 0.2) is 40.9 Å². The largest absolute Gasteiger partial charge is 0.380 e. The number of hydrogen-bond donors (Lipinski definition) is 1. The molecule has 0 aliphatic carbocycles. The third kappa shape index (κ3) is 3.59. The molecular weight excluding hydrogens is 431 g/mol. The summed E-state index contributed by atoms with van der Waals surface area (Å²) in [7, 11) is 0. The summed E-state index contributed by atoms with van der Waals surface area (Å²) >= 11 is 11.5. The Morgan fingerprint density at radius 3 is 2.78 bits per heavy atom. The maximum atomic E-state index is 13.5. The van der Waals surface area contributed by atoms with Crippen LogP contribution in [0.5, 0.6) is 0 Å². The standard InChI is InChI=1S/C13H9BrClFIN/c14-9-1-4-12(17)13(6-9)18-7-8-5-10(15)2-3-11(8)16/h1-6,18H,7H2. The fourth-order valence-electron chi connectivity index (χ4n) is 1.50. The highest BCUT2D eigenvalue weighted by atomic mass is 127. The maximum absolute atomic E-state index is 13.5. The van der Waals surface area contributed by atoms with Crippen molar-refractivity contribution in [2.75, 3.05) is 5.32 Å². The van der Waals surface area contributed by atoms with Gasteiger partial charge >= 0.3 is 0 Å². The number of rotatable bonds is 3. The van der Waals surface area contributed by atoms with Crippen molar-refractivity contribution in [3.8, 4) is 0 Å². The molecule has 2 rings (SSSR count). The van der Waals surface area contributed by atoms with E-state index >= 15 is 0 Å². The topological polar surface area (TPSA) is 12.0 Å². The van der Waals surface area contributed by atoms with Gasteiger partial charge < -0.3 is 5.32 Å². The second-order valence-corrected chi connectivity index (χ2v) is 6.23. The first-order valence-corrected chi connectivity index (χ1v) is 7.44. The van der Waals surface area contributed by atoms with E-state index in [1.807, 2.05) is 18.2 Å². The van der Waals surface area contributed by atoms with Crippen LogP contribution < -0.4 is 5.32 Å². The van der Waals surface area contributed by atoms with E-state index in [1.165, 1.54) is 6.07 Å². The molecule has 0 fully saturated rings. The highest BCUT2D eigenvalue weighted by Crippen LogP contribution is 2.24. The molecule has 0 aliphatic heterocycles. The fraction of sp³-hybridized carbons (Fsp3) is 0.0769. The Kier molecular flexibility index (Phi) is 4.86. The second-order valence-electron chi connectivity index (χ2n) is 3.71. The molecule has 0 aromatic heterocycles. The van der Waals surface area contributed by atoms with Crippen LogP contribution in [0.4, 0.5) is 10.1 Å². The molecule has 5 heteroatoms. The van der Waals surface area contributed by atoms with Crippen molar-refractivity contribution in [3.63, 3.8) is 0 Å². The van der Waals surface area contributed by atoms with E-state index in [0.717, 1.165) is 13.7 Å². The SMILES string of the molecule is Fc1ccc(Cl)cc1CNc1cc(Br)ccc1I. The van der Waals surface area contributed by atoms with Gasteiger partial charge in [0.25, 0.3) is 0 Å². The van der Waals surface area contributed by atoms with Crippen LogP contribution in [-0.2, 0) is 6.54 Å². The monoisotopic (exact) mass is 439 g/mol. The van der Waals surface area contributed by atoms with Crippen molar-refractivity contribution in [1.29, 1.82) is 0 Å². The van der Waals surface area contributed by atoms with Crippen LogP contribution in [-0.4, -0.2) is 0 Å². The van der Waals surface area contributed by atoms with Gasteiger partial charge in [-0.15, -0.1) is 0 Å². The molecule has 18 heavy (non-hydrogen) atoms. The lowest BCUT2D eigenvalue weighted by Crippen LogP contribution is -2.03. The Morgan fingerprint density at radius 2 is 2.00 bits per heavy atom. The van der Waals surface area contributed by atoms with Gasteiger partial charge in [0.15, 0.2) is 0 Å². The van der Waals surface area contributed by atoms with Crippen LogP contribution >= 0.6 is 50.1 Å². The summed E-state index contributed by atoms with van der Waals surface area (Å²) in [6.07, 6.45) is 0. The van der Waals surface area contributed by atoms with Gasteiger partial charge in [-0.05, 0) is 59.0 Å². The second kappa shape index (κ2) is 6.21. The summed E-state index contributed by atoms with van der Waals surface area (Å²) < 4.78 is 15.6. The Hall–Kier alpha value is -0.330. The average Bonchev–Trinajstić information content (AvgIpc) is 2.34. The highest BCUT2D eigenvalue weighted by molar-refractivity contribution is 14.1. The zero-order valence-electron chi connectivity index (χ0n) is 9.18. The maximum Gasteiger partial charge on any atom is 0.128 e. The number of hydrogen-bond acceptors (Lipinski definition) is 1. The van der Waals surface area contributed by atoms with Crippen molar-refractivity contribution in [2.45, 2.75) is 6.54 Å². The van der Waals surface area contributed by atoms with Crippen molar-refractivity contribution < 1.29 is 4.39 Å². The number of nitrogens with one attached hydrogen (secondary N) is 1. The van der Waals surface area contributed by atoms with Gasteiger partial charge in [-0.3, -0.25) is 0 Å². The van der Waals surface area contributed by atoms with Crippen LogP contribution in [0, 0.1) is 9.39 Å². The van der Waals surface area contributed by atoms with Crippen LogP contribution in [0.3, 0.4) is 0 Å². The lowest BCUT2D eigenvalue weighted by Gasteiger charge is -2.10. The Bertz CT molecular complexity index is 525. The molecule has 0 amide bonds. The van der Waals surface area contributed by atoms with Crippen molar-refractivity contribution in [1.82, 2.24) is 0 Å². The highest BCUT2D eigenvalue weighted by Gasteiger charge is 2.05. The molecule has 0 atom stereocenters. The molecule has 94 valence electrons. The summed E-state index contributed by atoms with van der Waals surface area (Å²) in [6.45, 7) is 0.402. The molecule has 0 aliphatic rings. The number of halogens is 4. The van der Waals surface area contributed by atoms with E-state index < -0.39 is 0 Å². The quantitative estimate of drug-likeness (QED) is 0.625. The lowest BCUT2D eigenvalue weighted by molar-refractivity contribution is 0.613. The van der Waals surface area contributed by atoms with Crippen LogP contribution in [0.1, 0.15) is 5.56 Å². The summed E-state index contributed by atoms with van der Waals surface area (Å²) in [6, 6.07) is 10.5. The smallest absolute Gasteiger partial charge is 0.128 e. The van der Waals surface area contributed by atoms with Gasteiger partial charge in [0.1, 0.15) is 5.82 Å². The lowest BCUT2D eigenvalue weighted by atomic mass is 10.2. The van der Waals surface area contributed by atoms with E-state index in [4.69, 9.17) is 11.6 Å². The number of anilines is 1. The molecule has 0 bridgehead atoms. The first-order valence-electron chi connectivity index (χ1n) is 5.19. The molecular formula is C13H9BrClFIN. The van der Waals surface area contributed by atoms with Crippen molar-refractivity contribution in [2.24, 2.45) is 0 Å². The third-order valence-corrected chi connectivity index (χ3v) is 4.07. The average molecular weight is 440 g/mol. The van der Waals surface area contributed by atoms with E-state index in [0.29, 0.717) is 17.1 Å². The molecule has 1 N–H and O–H groups in total. The summed E-state index contributed by atoms with van der Waals surface area (Å²) in [4.78, 5) is 0. The van der Waals surface area contributed by atoms with E-state index in [9.17, 15) is 4.39 Å². The van der Waals surface area contributed by atoms with Gasteiger partial charge in [0, 0.05) is 30.9 Å². The van der Waals surface area contributed by atoms with E-state index in [2.05, 4.69) is 43.8 Å². The van der Waals surface area contributed by atoms with Gasteiger partial charge in [0.2, 0.25) is 0 Å². The molecule has 0 radical (unpaired) electrons. The molecule has 0 saturated carbocycles. The normalized spacial score (nSPS) is 10.4.